The quantitative estimate of drug-likeness (QED) is 0.743. The Morgan fingerprint density at radius 3 is 2.25 bits per heavy atom. The first-order valence-corrected chi connectivity index (χ1v) is 7.09. The highest BCUT2D eigenvalue weighted by Gasteiger charge is 2.12. The fourth-order valence-electron chi connectivity index (χ4n) is 1.94. The summed E-state index contributed by atoms with van der Waals surface area (Å²) in [5.41, 5.74) is 7.72. The van der Waals surface area contributed by atoms with Crippen LogP contribution in [0.3, 0.4) is 0 Å². The Bertz CT molecular complexity index is 662. The molecule has 2 aromatic rings. The molecular formula is C17H19ClN2O4. The van der Waals surface area contributed by atoms with Crippen LogP contribution in [0, 0.1) is 0 Å². The Balaban J connectivity index is 0.00000288. The van der Waals surface area contributed by atoms with E-state index in [1.165, 1.54) is 0 Å². The smallest absolute Gasteiger partial charge is 0.411 e. The molecule has 0 fully saturated rings. The van der Waals surface area contributed by atoms with E-state index in [0.29, 0.717) is 5.69 Å². The van der Waals surface area contributed by atoms with Gasteiger partial charge in [-0.25, -0.2) is 4.79 Å². The topological polar surface area (TPSA) is 102 Å². The molecule has 0 saturated carbocycles. The van der Waals surface area contributed by atoms with E-state index in [2.05, 4.69) is 5.32 Å². The molecule has 2 aromatic carbocycles. The van der Waals surface area contributed by atoms with Crippen LogP contribution in [-0.2, 0) is 22.6 Å². The second-order valence-electron chi connectivity index (χ2n) is 5.03. The van der Waals surface area contributed by atoms with Crippen molar-refractivity contribution in [2.75, 3.05) is 5.32 Å². The van der Waals surface area contributed by atoms with Crippen molar-refractivity contribution in [2.45, 2.75) is 19.1 Å². The standard InChI is InChI=1S/C17H18N2O4.ClH/c18-15(16(20)21)10-12-6-8-14(9-7-12)19-17(22)23-11-13-4-2-1-3-5-13;/h1-9,15H,10-11,18H2,(H,19,22)(H,20,21);1H/t15-;/m1./s1. The molecule has 0 aliphatic rings. The van der Waals surface area contributed by atoms with E-state index in [-0.39, 0.29) is 25.4 Å². The fraction of sp³-hybridized carbons (Fsp3) is 0.176. The van der Waals surface area contributed by atoms with Crippen LogP contribution >= 0.6 is 12.4 Å². The average molecular weight is 351 g/mol. The van der Waals surface area contributed by atoms with Gasteiger partial charge in [0.15, 0.2) is 0 Å². The minimum atomic E-state index is -1.04. The van der Waals surface area contributed by atoms with E-state index < -0.39 is 18.1 Å². The number of carbonyl (C=O) groups is 2. The zero-order valence-corrected chi connectivity index (χ0v) is 13.7. The molecule has 0 aliphatic carbocycles. The average Bonchev–Trinajstić information content (AvgIpc) is 2.55. The summed E-state index contributed by atoms with van der Waals surface area (Å²) in [6.07, 6.45) is -0.322. The first-order valence-electron chi connectivity index (χ1n) is 7.09. The second-order valence-corrected chi connectivity index (χ2v) is 5.03. The maximum atomic E-state index is 11.7. The van der Waals surface area contributed by atoms with Crippen LogP contribution in [0.1, 0.15) is 11.1 Å². The summed E-state index contributed by atoms with van der Waals surface area (Å²) in [5.74, 6) is -1.04. The molecule has 0 heterocycles. The number of carbonyl (C=O) groups excluding carboxylic acids is 1. The fourth-order valence-corrected chi connectivity index (χ4v) is 1.94. The number of nitrogens with two attached hydrogens (primary N) is 1. The molecule has 7 heteroatoms. The summed E-state index contributed by atoms with van der Waals surface area (Å²) in [7, 11) is 0. The highest BCUT2D eigenvalue weighted by Crippen LogP contribution is 2.12. The van der Waals surface area contributed by atoms with Gasteiger partial charge in [0.25, 0.3) is 0 Å². The summed E-state index contributed by atoms with van der Waals surface area (Å²) in [6, 6.07) is 15.2. The van der Waals surface area contributed by atoms with Gasteiger partial charge in [0.2, 0.25) is 0 Å². The highest BCUT2D eigenvalue weighted by molar-refractivity contribution is 5.85. The van der Waals surface area contributed by atoms with Crippen molar-refractivity contribution >= 4 is 30.2 Å². The molecule has 0 radical (unpaired) electrons. The lowest BCUT2D eigenvalue weighted by Crippen LogP contribution is -2.32. The minimum Gasteiger partial charge on any atom is -0.480 e. The van der Waals surface area contributed by atoms with Gasteiger partial charge >= 0.3 is 12.1 Å². The summed E-state index contributed by atoms with van der Waals surface area (Å²) in [6.45, 7) is 0.193. The van der Waals surface area contributed by atoms with Crippen LogP contribution in [-0.4, -0.2) is 23.2 Å². The third kappa shape index (κ3) is 6.28. The van der Waals surface area contributed by atoms with E-state index in [1.807, 2.05) is 30.3 Å². The Morgan fingerprint density at radius 1 is 1.04 bits per heavy atom. The van der Waals surface area contributed by atoms with Gasteiger partial charge in [-0.1, -0.05) is 42.5 Å². The molecular weight excluding hydrogens is 332 g/mol. The van der Waals surface area contributed by atoms with Crippen LogP contribution in [0.2, 0.25) is 0 Å². The summed E-state index contributed by atoms with van der Waals surface area (Å²) in [5, 5.41) is 11.4. The molecule has 128 valence electrons. The van der Waals surface area contributed by atoms with E-state index in [4.69, 9.17) is 15.6 Å². The van der Waals surface area contributed by atoms with Crippen molar-refractivity contribution in [2.24, 2.45) is 5.73 Å². The molecule has 1 atom stereocenters. The van der Waals surface area contributed by atoms with Gasteiger partial charge < -0.3 is 15.6 Å². The Kier molecular flexibility index (Phi) is 7.74. The maximum absolute atomic E-state index is 11.7. The third-order valence-corrected chi connectivity index (χ3v) is 3.19. The van der Waals surface area contributed by atoms with Crippen molar-refractivity contribution in [3.05, 3.63) is 65.7 Å². The summed E-state index contributed by atoms with van der Waals surface area (Å²) in [4.78, 5) is 22.4. The van der Waals surface area contributed by atoms with Crippen LogP contribution in [0.5, 0.6) is 0 Å². The van der Waals surface area contributed by atoms with Crippen molar-refractivity contribution in [3.8, 4) is 0 Å². The van der Waals surface area contributed by atoms with Crippen LogP contribution in [0.4, 0.5) is 10.5 Å². The predicted octanol–water partition coefficient (Wildman–Crippen LogP) is 2.81. The van der Waals surface area contributed by atoms with Crippen LogP contribution < -0.4 is 11.1 Å². The zero-order valence-electron chi connectivity index (χ0n) is 12.8. The molecule has 0 aliphatic heterocycles. The second kappa shape index (κ2) is 9.54. The van der Waals surface area contributed by atoms with E-state index >= 15 is 0 Å². The zero-order chi connectivity index (χ0) is 16.7. The van der Waals surface area contributed by atoms with E-state index in [9.17, 15) is 9.59 Å². The van der Waals surface area contributed by atoms with Crippen molar-refractivity contribution in [1.82, 2.24) is 0 Å². The number of carboxylic acid groups (broad SMARTS) is 1. The molecule has 4 N–H and O–H groups in total. The van der Waals surface area contributed by atoms with Gasteiger partial charge in [0, 0.05) is 5.69 Å². The molecule has 0 bridgehead atoms. The van der Waals surface area contributed by atoms with Crippen LogP contribution in [0.25, 0.3) is 0 Å². The first-order chi connectivity index (χ1) is 11.0. The summed E-state index contributed by atoms with van der Waals surface area (Å²) >= 11 is 0. The number of carboxylic acids is 1. The van der Waals surface area contributed by atoms with Crippen molar-refractivity contribution < 1.29 is 19.4 Å². The van der Waals surface area contributed by atoms with Crippen molar-refractivity contribution in [3.63, 3.8) is 0 Å². The number of aliphatic carboxylic acids is 1. The minimum absolute atomic E-state index is 0. The number of halogens is 1. The number of ether oxygens (including phenoxy) is 1. The van der Waals surface area contributed by atoms with Crippen molar-refractivity contribution in [1.29, 1.82) is 0 Å². The van der Waals surface area contributed by atoms with Gasteiger partial charge in [-0.2, -0.15) is 0 Å². The lowest BCUT2D eigenvalue weighted by Gasteiger charge is -2.09. The largest absolute Gasteiger partial charge is 0.480 e. The number of rotatable bonds is 6. The monoisotopic (exact) mass is 350 g/mol. The van der Waals surface area contributed by atoms with Gasteiger partial charge in [-0.15, -0.1) is 12.4 Å². The first kappa shape index (κ1) is 19.5. The number of amides is 1. The Morgan fingerprint density at radius 2 is 1.67 bits per heavy atom. The Labute approximate surface area is 146 Å². The number of hydrogen-bond acceptors (Lipinski definition) is 4. The number of benzene rings is 2. The van der Waals surface area contributed by atoms with E-state index in [1.54, 1.807) is 24.3 Å². The normalized spacial score (nSPS) is 11.0. The molecule has 0 saturated heterocycles. The predicted molar refractivity (Wildman–Crippen MR) is 93.3 cm³/mol. The van der Waals surface area contributed by atoms with Gasteiger partial charge in [-0.3, -0.25) is 10.1 Å². The molecule has 24 heavy (non-hydrogen) atoms. The summed E-state index contributed by atoms with van der Waals surface area (Å²) < 4.78 is 5.11. The van der Waals surface area contributed by atoms with Crippen LogP contribution in [0.15, 0.2) is 54.6 Å². The Hall–Kier alpha value is -2.57. The molecule has 0 unspecified atom stereocenters. The molecule has 2 rings (SSSR count). The van der Waals surface area contributed by atoms with Gasteiger partial charge in [0.1, 0.15) is 12.6 Å². The lowest BCUT2D eigenvalue weighted by atomic mass is 10.1. The number of anilines is 1. The number of nitrogens with one attached hydrogen (secondary N) is 1. The van der Waals surface area contributed by atoms with E-state index in [0.717, 1.165) is 11.1 Å². The molecule has 1 amide bonds. The lowest BCUT2D eigenvalue weighted by molar-refractivity contribution is -0.138. The van der Waals surface area contributed by atoms with Gasteiger partial charge in [0.05, 0.1) is 0 Å². The molecule has 0 spiro atoms. The third-order valence-electron chi connectivity index (χ3n) is 3.19. The SMILES string of the molecule is Cl.N[C@H](Cc1ccc(NC(=O)OCc2ccccc2)cc1)C(=O)O. The number of hydrogen-bond donors (Lipinski definition) is 3. The maximum Gasteiger partial charge on any atom is 0.411 e. The molecule has 6 nitrogen and oxygen atoms in total. The molecule has 0 aromatic heterocycles. The van der Waals surface area contributed by atoms with Gasteiger partial charge in [-0.05, 0) is 29.7 Å². The highest BCUT2D eigenvalue weighted by atomic mass is 35.5.